The van der Waals surface area contributed by atoms with Crippen LogP contribution >= 0.6 is 27.5 Å². The molecule has 0 heterocycles. The molecule has 100 valence electrons. The third-order valence-corrected chi connectivity index (χ3v) is 6.33. The predicted molar refractivity (Wildman–Crippen MR) is 72.7 cm³/mol. The minimum absolute atomic E-state index is 0.00981. The first kappa shape index (κ1) is 14.2. The van der Waals surface area contributed by atoms with E-state index in [4.69, 9.17) is 11.6 Å². The summed E-state index contributed by atoms with van der Waals surface area (Å²) >= 11 is 8.88. The number of hydrogen-bond acceptors (Lipinski definition) is 2. The third-order valence-electron chi connectivity index (χ3n) is 2.82. The molecule has 2 rings (SSSR count). The minimum Gasteiger partial charge on any atom is -0.211 e. The summed E-state index contributed by atoms with van der Waals surface area (Å²) in [5, 5.41) is 0.255. The maximum absolute atomic E-state index is 13.7. The van der Waals surface area contributed by atoms with E-state index >= 15 is 0 Å². The van der Waals surface area contributed by atoms with Crippen molar-refractivity contribution in [2.24, 2.45) is 0 Å². The fraction of sp³-hybridized carbons (Fsp3) is 0.455. The highest BCUT2D eigenvalue weighted by atomic mass is 79.9. The summed E-state index contributed by atoms with van der Waals surface area (Å²) in [6.07, 6.45) is 1.64. The standard InChI is InChI=1S/C11H12BrClFNO2S/c12-7-18(16,17)15(8-4-5-8)6-9-10(13)2-1-3-11(9)14/h1-3,8H,4-7H2. The van der Waals surface area contributed by atoms with Crippen LogP contribution in [0.15, 0.2) is 18.2 Å². The molecule has 3 nitrogen and oxygen atoms in total. The molecule has 0 radical (unpaired) electrons. The summed E-state index contributed by atoms with van der Waals surface area (Å²) < 4.78 is 38.7. The zero-order valence-corrected chi connectivity index (χ0v) is 12.6. The summed E-state index contributed by atoms with van der Waals surface area (Å²) in [6, 6.07) is 4.32. The van der Waals surface area contributed by atoms with Gasteiger partial charge < -0.3 is 0 Å². The first-order valence-corrected chi connectivity index (χ1v) is 8.55. The van der Waals surface area contributed by atoms with Gasteiger partial charge in [-0.1, -0.05) is 33.6 Å². The molecule has 0 bridgehead atoms. The molecular formula is C11H12BrClFNO2S. The van der Waals surface area contributed by atoms with E-state index in [1.807, 2.05) is 0 Å². The van der Waals surface area contributed by atoms with Gasteiger partial charge in [0.05, 0.1) is 0 Å². The molecular weight excluding hydrogens is 345 g/mol. The third kappa shape index (κ3) is 3.04. The van der Waals surface area contributed by atoms with Crippen LogP contribution in [-0.4, -0.2) is 23.4 Å². The average Bonchev–Trinajstić information content (AvgIpc) is 3.12. The molecule has 1 aliphatic rings. The molecule has 7 heteroatoms. The van der Waals surface area contributed by atoms with Crippen LogP contribution < -0.4 is 0 Å². The van der Waals surface area contributed by atoms with E-state index < -0.39 is 15.8 Å². The molecule has 1 fully saturated rings. The van der Waals surface area contributed by atoms with Crippen LogP contribution in [0.25, 0.3) is 0 Å². The average molecular weight is 357 g/mol. The zero-order chi connectivity index (χ0) is 13.3. The molecule has 0 N–H and O–H groups in total. The lowest BCUT2D eigenvalue weighted by atomic mass is 10.2. The highest BCUT2D eigenvalue weighted by Gasteiger charge is 2.37. The van der Waals surface area contributed by atoms with Crippen molar-refractivity contribution < 1.29 is 12.8 Å². The number of nitrogens with zero attached hydrogens (tertiary/aromatic N) is 1. The van der Waals surface area contributed by atoms with Crippen LogP contribution in [0.1, 0.15) is 18.4 Å². The van der Waals surface area contributed by atoms with E-state index in [0.29, 0.717) is 0 Å². The van der Waals surface area contributed by atoms with E-state index in [1.54, 1.807) is 6.07 Å². The van der Waals surface area contributed by atoms with Crippen LogP contribution in [0.5, 0.6) is 0 Å². The molecule has 0 amide bonds. The highest BCUT2D eigenvalue weighted by Crippen LogP contribution is 2.33. The highest BCUT2D eigenvalue weighted by molar-refractivity contribution is 9.10. The van der Waals surface area contributed by atoms with E-state index in [1.165, 1.54) is 16.4 Å². The first-order valence-electron chi connectivity index (χ1n) is 5.44. The molecule has 18 heavy (non-hydrogen) atoms. The van der Waals surface area contributed by atoms with Crippen molar-refractivity contribution in [1.82, 2.24) is 4.31 Å². The zero-order valence-electron chi connectivity index (χ0n) is 9.44. The van der Waals surface area contributed by atoms with Crippen LogP contribution in [0.3, 0.4) is 0 Å². The maximum Gasteiger partial charge on any atom is 0.224 e. The van der Waals surface area contributed by atoms with Gasteiger partial charge in [-0.2, -0.15) is 4.31 Å². The summed E-state index contributed by atoms with van der Waals surface area (Å²) in [4.78, 5) is 0. The molecule has 0 saturated heterocycles. The van der Waals surface area contributed by atoms with E-state index in [2.05, 4.69) is 15.9 Å². The Morgan fingerprint density at radius 3 is 2.61 bits per heavy atom. The Morgan fingerprint density at radius 2 is 2.11 bits per heavy atom. The van der Waals surface area contributed by atoms with Gasteiger partial charge in [0.1, 0.15) is 10.5 Å². The molecule has 1 saturated carbocycles. The van der Waals surface area contributed by atoms with Gasteiger partial charge in [0.25, 0.3) is 0 Å². The van der Waals surface area contributed by atoms with Crippen molar-refractivity contribution in [2.75, 3.05) is 4.66 Å². The van der Waals surface area contributed by atoms with Gasteiger partial charge in [0, 0.05) is 23.2 Å². The second-order valence-corrected chi connectivity index (χ2v) is 7.83. The maximum atomic E-state index is 13.7. The van der Waals surface area contributed by atoms with E-state index in [9.17, 15) is 12.8 Å². The first-order chi connectivity index (χ1) is 8.45. The Morgan fingerprint density at radius 1 is 1.44 bits per heavy atom. The summed E-state index contributed by atoms with van der Waals surface area (Å²) in [5.41, 5.74) is 0.232. The SMILES string of the molecule is O=S(=O)(CBr)N(Cc1c(F)cccc1Cl)C1CC1. The van der Waals surface area contributed by atoms with Gasteiger partial charge in [-0.25, -0.2) is 12.8 Å². The Balaban J connectivity index is 2.30. The summed E-state index contributed by atoms with van der Waals surface area (Å²) in [7, 11) is -3.40. The topological polar surface area (TPSA) is 37.4 Å². The Bertz CT molecular complexity index is 528. The minimum atomic E-state index is -3.40. The molecule has 1 aromatic carbocycles. The van der Waals surface area contributed by atoms with Gasteiger partial charge in [-0.15, -0.1) is 0 Å². The number of sulfonamides is 1. The van der Waals surface area contributed by atoms with E-state index in [0.717, 1.165) is 12.8 Å². The van der Waals surface area contributed by atoms with Gasteiger partial charge in [0.15, 0.2) is 0 Å². The lowest BCUT2D eigenvalue weighted by molar-refractivity contribution is 0.394. The molecule has 1 aliphatic carbocycles. The molecule has 1 aromatic rings. The second kappa shape index (κ2) is 5.45. The number of alkyl halides is 1. The van der Waals surface area contributed by atoms with Gasteiger partial charge in [-0.05, 0) is 25.0 Å². The van der Waals surface area contributed by atoms with Crippen molar-refractivity contribution in [3.8, 4) is 0 Å². The lowest BCUT2D eigenvalue weighted by Crippen LogP contribution is -2.33. The van der Waals surface area contributed by atoms with Crippen LogP contribution in [0.4, 0.5) is 4.39 Å². The quantitative estimate of drug-likeness (QED) is 0.760. The largest absolute Gasteiger partial charge is 0.224 e. The van der Waals surface area contributed by atoms with Gasteiger partial charge in [0.2, 0.25) is 10.0 Å². The second-order valence-electron chi connectivity index (χ2n) is 4.20. The monoisotopic (exact) mass is 355 g/mol. The number of halogens is 3. The molecule has 0 spiro atoms. The summed E-state index contributed by atoms with van der Waals surface area (Å²) in [6.45, 7) is -0.00981. The Labute approximate surface area is 119 Å². The smallest absolute Gasteiger partial charge is 0.211 e. The number of benzene rings is 1. The fourth-order valence-electron chi connectivity index (χ4n) is 1.72. The number of hydrogen-bond donors (Lipinski definition) is 0. The Hall–Kier alpha value is -0.170. The fourth-order valence-corrected chi connectivity index (χ4v) is 3.85. The Kier molecular flexibility index (Phi) is 4.31. The molecule has 0 unspecified atom stereocenters. The van der Waals surface area contributed by atoms with E-state index in [-0.39, 0.29) is 27.8 Å². The van der Waals surface area contributed by atoms with Gasteiger partial charge in [-0.3, -0.25) is 0 Å². The van der Waals surface area contributed by atoms with Crippen molar-refractivity contribution in [2.45, 2.75) is 25.4 Å². The predicted octanol–water partition coefficient (Wildman–Crippen LogP) is 3.13. The number of rotatable bonds is 5. The van der Waals surface area contributed by atoms with Crippen LogP contribution in [0, 0.1) is 5.82 Å². The van der Waals surface area contributed by atoms with Crippen molar-refractivity contribution >= 4 is 37.6 Å². The van der Waals surface area contributed by atoms with Crippen molar-refractivity contribution in [3.63, 3.8) is 0 Å². The van der Waals surface area contributed by atoms with Crippen LogP contribution in [0.2, 0.25) is 5.02 Å². The lowest BCUT2D eigenvalue weighted by Gasteiger charge is -2.21. The summed E-state index contributed by atoms with van der Waals surface area (Å²) in [5.74, 6) is -0.474. The van der Waals surface area contributed by atoms with Crippen LogP contribution in [-0.2, 0) is 16.6 Å². The molecule has 0 aromatic heterocycles. The normalized spacial score (nSPS) is 16.2. The molecule has 0 atom stereocenters. The van der Waals surface area contributed by atoms with Gasteiger partial charge >= 0.3 is 0 Å². The van der Waals surface area contributed by atoms with Crippen molar-refractivity contribution in [1.29, 1.82) is 0 Å². The molecule has 0 aliphatic heterocycles. The van der Waals surface area contributed by atoms with Crippen molar-refractivity contribution in [3.05, 3.63) is 34.6 Å².